The molecule has 0 spiro atoms. The molecule has 10 nitrogen and oxygen atoms in total. The van der Waals surface area contributed by atoms with Crippen molar-refractivity contribution in [3.63, 3.8) is 0 Å². The first-order chi connectivity index (χ1) is 19.4. The minimum absolute atomic E-state index is 0.0595. The van der Waals surface area contributed by atoms with Crippen molar-refractivity contribution in [2.45, 2.75) is 59.1 Å². The molecule has 1 saturated heterocycles. The summed E-state index contributed by atoms with van der Waals surface area (Å²) in [5.41, 5.74) is 0.907. The van der Waals surface area contributed by atoms with Gasteiger partial charge in [0.25, 0.3) is 11.8 Å². The van der Waals surface area contributed by atoms with Crippen LogP contribution in [-0.4, -0.2) is 96.7 Å². The van der Waals surface area contributed by atoms with Crippen LogP contribution in [0.3, 0.4) is 0 Å². The molecule has 3 heterocycles. The van der Waals surface area contributed by atoms with Crippen molar-refractivity contribution in [1.29, 1.82) is 0 Å². The van der Waals surface area contributed by atoms with Crippen LogP contribution in [-0.2, 0) is 9.59 Å². The highest BCUT2D eigenvalue weighted by Crippen LogP contribution is 2.38. The van der Waals surface area contributed by atoms with E-state index in [2.05, 4.69) is 53.4 Å². The van der Waals surface area contributed by atoms with Crippen LogP contribution in [0.15, 0.2) is 41.7 Å². The van der Waals surface area contributed by atoms with Gasteiger partial charge >= 0.3 is 0 Å². The van der Waals surface area contributed by atoms with Crippen LogP contribution >= 0.6 is 0 Å². The maximum Gasteiger partial charge on any atom is 0.262 e. The third-order valence-corrected chi connectivity index (χ3v) is 8.72. The predicted octanol–water partition coefficient (Wildman–Crippen LogP) is 2.57. The van der Waals surface area contributed by atoms with E-state index < -0.39 is 29.4 Å². The molecule has 1 aromatic carbocycles. The lowest BCUT2D eigenvalue weighted by Crippen LogP contribution is -2.55. The Labute approximate surface area is 242 Å². The molecule has 3 aliphatic heterocycles. The van der Waals surface area contributed by atoms with Crippen LogP contribution in [0.4, 0.5) is 0 Å². The maximum atomic E-state index is 13.3. The number of dihydropyridines is 1. The zero-order valence-electron chi connectivity index (χ0n) is 25.1. The van der Waals surface area contributed by atoms with Gasteiger partial charge < -0.3 is 25.1 Å². The summed E-state index contributed by atoms with van der Waals surface area (Å²) in [6.45, 7) is 16.1. The summed E-state index contributed by atoms with van der Waals surface area (Å²) < 4.78 is 6.50. The Bertz CT molecular complexity index is 1260. The molecule has 0 radical (unpaired) electrons. The van der Waals surface area contributed by atoms with E-state index in [0.717, 1.165) is 44.2 Å². The Balaban J connectivity index is 1.42. The smallest absolute Gasteiger partial charge is 0.262 e. The van der Waals surface area contributed by atoms with E-state index in [0.29, 0.717) is 12.0 Å². The molecular weight excluding hydrogens is 522 g/mol. The molecule has 41 heavy (non-hydrogen) atoms. The molecule has 0 bridgehead atoms. The van der Waals surface area contributed by atoms with E-state index in [1.807, 2.05) is 13.8 Å². The topological polar surface area (TPSA) is 111 Å². The molecule has 1 atom stereocenters. The third-order valence-electron chi connectivity index (χ3n) is 8.72. The van der Waals surface area contributed by atoms with Crippen molar-refractivity contribution in [2.24, 2.45) is 5.41 Å². The molecular formula is C31H43N5O5. The lowest BCUT2D eigenvalue weighted by Gasteiger charge is -2.46. The number of fused-ring (bicyclic) bond motifs is 1. The second-order valence-corrected chi connectivity index (χ2v) is 12.2. The van der Waals surface area contributed by atoms with Crippen molar-refractivity contribution in [2.75, 3.05) is 46.3 Å². The van der Waals surface area contributed by atoms with Crippen LogP contribution in [0.2, 0.25) is 0 Å². The number of hydrogen-bond donors (Lipinski definition) is 2. The van der Waals surface area contributed by atoms with E-state index in [9.17, 15) is 19.2 Å². The summed E-state index contributed by atoms with van der Waals surface area (Å²) in [6.07, 6.45) is 5.14. The van der Waals surface area contributed by atoms with Gasteiger partial charge in [-0.2, -0.15) is 0 Å². The normalized spacial score (nSPS) is 18.8. The molecule has 10 heteroatoms. The lowest BCUT2D eigenvalue weighted by molar-refractivity contribution is -0.124. The standard InChI is InChI=1S/C31H43N5O5/c1-21-9-12-26(33-19-21)35-15-13-34(14-16-35)20-30(2,3)31(4,5)41-22-10-11-23-24(18-22)29(40)36(28(23)39)25(8-7-17-37)27(38)32-6/h9-12,17-18,25,33H,7-8,13-16,19-20H2,1-6H3,(H,32,38). The van der Waals surface area contributed by atoms with E-state index >= 15 is 0 Å². The number of hydrogen-bond acceptors (Lipinski definition) is 8. The first kappa shape index (κ1) is 30.3. The number of aldehydes is 1. The van der Waals surface area contributed by atoms with E-state index in [1.54, 1.807) is 18.2 Å². The third kappa shape index (κ3) is 6.32. The highest BCUT2D eigenvalue weighted by Gasteiger charge is 2.44. The minimum Gasteiger partial charge on any atom is -0.487 e. The number of likely N-dealkylation sites (N-methyl/N-ethyl adjacent to an activating group) is 1. The van der Waals surface area contributed by atoms with Crippen molar-refractivity contribution in [3.05, 3.63) is 52.9 Å². The fourth-order valence-corrected chi connectivity index (χ4v) is 5.47. The molecule has 3 amide bonds. The van der Waals surface area contributed by atoms with Gasteiger partial charge in [0, 0.05) is 58.2 Å². The quantitative estimate of drug-likeness (QED) is 0.311. The number of benzene rings is 1. The lowest BCUT2D eigenvalue weighted by atomic mass is 9.76. The zero-order chi connectivity index (χ0) is 29.9. The number of nitrogens with zero attached hydrogens (tertiary/aromatic N) is 3. The van der Waals surface area contributed by atoms with Crippen molar-refractivity contribution in [3.8, 4) is 5.75 Å². The van der Waals surface area contributed by atoms with Gasteiger partial charge in [0.05, 0.1) is 11.1 Å². The Morgan fingerprint density at radius 2 is 1.76 bits per heavy atom. The highest BCUT2D eigenvalue weighted by molar-refractivity contribution is 6.23. The Kier molecular flexibility index (Phi) is 8.91. The minimum atomic E-state index is -1.05. The average Bonchev–Trinajstić information content (AvgIpc) is 3.18. The fourth-order valence-electron chi connectivity index (χ4n) is 5.47. The number of ether oxygens (including phenoxy) is 1. The fraction of sp³-hybridized carbons (Fsp3) is 0.548. The van der Waals surface area contributed by atoms with E-state index in [4.69, 9.17) is 4.74 Å². The van der Waals surface area contributed by atoms with Gasteiger partial charge in [-0.15, -0.1) is 0 Å². The van der Waals surface area contributed by atoms with Gasteiger partial charge in [-0.25, -0.2) is 0 Å². The number of amides is 3. The Hall–Kier alpha value is -3.66. The molecule has 222 valence electrons. The molecule has 1 fully saturated rings. The molecule has 2 N–H and O–H groups in total. The summed E-state index contributed by atoms with van der Waals surface area (Å²) in [4.78, 5) is 55.7. The van der Waals surface area contributed by atoms with Crippen LogP contribution in [0.25, 0.3) is 0 Å². The Morgan fingerprint density at radius 1 is 1.07 bits per heavy atom. The van der Waals surface area contributed by atoms with Crippen molar-refractivity contribution in [1.82, 2.24) is 25.3 Å². The number of allylic oxidation sites excluding steroid dienone is 2. The molecule has 3 aliphatic rings. The monoisotopic (exact) mass is 565 g/mol. The van der Waals surface area contributed by atoms with Gasteiger partial charge in [-0.3, -0.25) is 24.2 Å². The van der Waals surface area contributed by atoms with Crippen LogP contribution in [0.1, 0.15) is 68.2 Å². The number of imide groups is 1. The van der Waals surface area contributed by atoms with Crippen LogP contribution < -0.4 is 15.4 Å². The average molecular weight is 566 g/mol. The number of nitrogens with one attached hydrogen (secondary N) is 2. The molecule has 0 aliphatic carbocycles. The van der Waals surface area contributed by atoms with Crippen LogP contribution in [0, 0.1) is 5.41 Å². The number of rotatable bonds is 11. The van der Waals surface area contributed by atoms with Crippen molar-refractivity contribution >= 4 is 24.0 Å². The first-order valence-electron chi connectivity index (χ1n) is 14.3. The maximum absolute atomic E-state index is 13.3. The van der Waals surface area contributed by atoms with Gasteiger partial charge in [-0.1, -0.05) is 25.5 Å². The van der Waals surface area contributed by atoms with Gasteiger partial charge in [-0.05, 0) is 51.5 Å². The number of carbonyl (C=O) groups is 4. The van der Waals surface area contributed by atoms with Gasteiger partial charge in [0.2, 0.25) is 5.91 Å². The SMILES string of the molecule is CNC(=O)C(CCC=O)N1C(=O)c2ccc(OC(C)(C)C(C)(C)CN3CCN(C4=CC=C(C)CN4)CC3)cc2C1=O. The van der Waals surface area contributed by atoms with E-state index in [-0.39, 0.29) is 29.4 Å². The largest absolute Gasteiger partial charge is 0.487 e. The zero-order valence-corrected chi connectivity index (χ0v) is 25.1. The number of piperazine rings is 1. The predicted molar refractivity (Wildman–Crippen MR) is 156 cm³/mol. The second-order valence-electron chi connectivity index (χ2n) is 12.2. The first-order valence-corrected chi connectivity index (χ1v) is 14.3. The van der Waals surface area contributed by atoms with Gasteiger partial charge in [0.15, 0.2) is 0 Å². The number of carbonyl (C=O) groups excluding carboxylic acids is 4. The second kappa shape index (κ2) is 12.1. The summed E-state index contributed by atoms with van der Waals surface area (Å²) in [5.74, 6) is 0.0860. The summed E-state index contributed by atoms with van der Waals surface area (Å²) >= 11 is 0. The summed E-state index contributed by atoms with van der Waals surface area (Å²) in [5, 5.41) is 5.99. The Morgan fingerprint density at radius 3 is 2.37 bits per heavy atom. The van der Waals surface area contributed by atoms with Crippen molar-refractivity contribution < 1.29 is 23.9 Å². The van der Waals surface area contributed by atoms with Crippen LogP contribution in [0.5, 0.6) is 5.75 Å². The molecule has 1 aromatic rings. The molecule has 0 saturated carbocycles. The summed E-state index contributed by atoms with van der Waals surface area (Å²) in [7, 11) is 1.44. The molecule has 0 aromatic heterocycles. The van der Waals surface area contributed by atoms with E-state index in [1.165, 1.54) is 18.4 Å². The molecule has 4 rings (SSSR count). The highest BCUT2D eigenvalue weighted by atomic mass is 16.5. The van der Waals surface area contributed by atoms with Gasteiger partial charge in [0.1, 0.15) is 29.5 Å². The molecule has 1 unspecified atom stereocenters. The summed E-state index contributed by atoms with van der Waals surface area (Å²) in [6, 6.07) is 3.82.